The third-order valence-electron chi connectivity index (χ3n) is 0.825. The van der Waals surface area contributed by atoms with Gasteiger partial charge in [0.15, 0.2) is 0 Å². The van der Waals surface area contributed by atoms with Crippen molar-refractivity contribution in [1.29, 1.82) is 0 Å². The molecule has 0 heterocycles. The molecule has 0 unspecified atom stereocenters. The van der Waals surface area contributed by atoms with Crippen LogP contribution in [0.2, 0.25) is 0 Å². The number of hydrogen-bond donors (Lipinski definition) is 2. The van der Waals surface area contributed by atoms with Gasteiger partial charge < -0.3 is 5.73 Å². The van der Waals surface area contributed by atoms with Crippen LogP contribution in [0.1, 0.15) is 0 Å². The molecule has 78 valence electrons. The lowest BCUT2D eigenvalue weighted by Gasteiger charge is -2.08. The molecule has 13 heavy (non-hydrogen) atoms. The highest BCUT2D eigenvalue weighted by Crippen LogP contribution is 2.12. The van der Waals surface area contributed by atoms with E-state index in [4.69, 9.17) is 5.73 Å². The van der Waals surface area contributed by atoms with E-state index >= 15 is 0 Å². The lowest BCUT2D eigenvalue weighted by atomic mass is 10.7. The number of sulfonamides is 1. The zero-order valence-corrected chi connectivity index (χ0v) is 7.89. The van der Waals surface area contributed by atoms with E-state index in [0.717, 1.165) is 0 Å². The second-order valence-corrected chi connectivity index (χ2v) is 4.49. The summed E-state index contributed by atoms with van der Waals surface area (Å²) in [5, 5.41) is 0. The molecule has 0 aliphatic rings. The standard InChI is InChI=1S/C4H7F3N2O2S2/c5-4(6,7)2-9-13(10,11)1-3(8)12/h9H,1-2H2,(H2,8,12). The van der Waals surface area contributed by atoms with Gasteiger partial charge in [-0.25, -0.2) is 13.1 Å². The summed E-state index contributed by atoms with van der Waals surface area (Å²) in [7, 11) is -4.05. The van der Waals surface area contributed by atoms with E-state index in [0.29, 0.717) is 0 Å². The summed E-state index contributed by atoms with van der Waals surface area (Å²) in [5.41, 5.74) is 4.85. The molecule has 0 spiro atoms. The third kappa shape index (κ3) is 7.94. The summed E-state index contributed by atoms with van der Waals surface area (Å²) in [5.74, 6) is -0.779. The van der Waals surface area contributed by atoms with Crippen LogP contribution in [0.4, 0.5) is 13.2 Å². The van der Waals surface area contributed by atoms with E-state index in [2.05, 4.69) is 12.2 Å². The molecule has 0 aliphatic heterocycles. The number of rotatable bonds is 4. The summed E-state index contributed by atoms with van der Waals surface area (Å²) >= 11 is 4.23. The normalized spacial score (nSPS) is 12.8. The van der Waals surface area contributed by atoms with Crippen molar-refractivity contribution in [2.24, 2.45) is 5.73 Å². The Morgan fingerprint density at radius 1 is 1.46 bits per heavy atom. The summed E-state index contributed by atoms with van der Waals surface area (Å²) in [6.45, 7) is -1.61. The molecule has 0 saturated heterocycles. The number of hydrogen-bond acceptors (Lipinski definition) is 3. The summed E-state index contributed by atoms with van der Waals surface area (Å²) in [4.78, 5) is -0.380. The highest BCUT2D eigenvalue weighted by molar-refractivity contribution is 7.92. The van der Waals surface area contributed by atoms with Crippen LogP contribution in [0, 0.1) is 0 Å². The Hall–Kier alpha value is -0.410. The van der Waals surface area contributed by atoms with Crippen molar-refractivity contribution < 1.29 is 21.6 Å². The van der Waals surface area contributed by atoms with Crippen LogP contribution in [-0.2, 0) is 10.0 Å². The van der Waals surface area contributed by atoms with Gasteiger partial charge in [-0.1, -0.05) is 12.2 Å². The quantitative estimate of drug-likeness (QED) is 0.660. The Morgan fingerprint density at radius 3 is 2.23 bits per heavy atom. The SMILES string of the molecule is NC(=S)CS(=O)(=O)NCC(F)(F)F. The van der Waals surface area contributed by atoms with Gasteiger partial charge in [0, 0.05) is 0 Å². The minimum Gasteiger partial charge on any atom is -0.392 e. The Balaban J connectivity index is 4.13. The fraction of sp³-hybridized carbons (Fsp3) is 0.750. The molecule has 0 bridgehead atoms. The molecule has 0 atom stereocenters. The first-order chi connectivity index (χ1) is 5.62. The molecule has 0 aromatic heterocycles. The van der Waals surface area contributed by atoms with Crippen molar-refractivity contribution in [3.05, 3.63) is 0 Å². The Labute approximate surface area is 78.3 Å². The van der Waals surface area contributed by atoms with Gasteiger partial charge in [-0.15, -0.1) is 0 Å². The van der Waals surface area contributed by atoms with Crippen molar-refractivity contribution in [1.82, 2.24) is 4.72 Å². The largest absolute Gasteiger partial charge is 0.402 e. The summed E-state index contributed by atoms with van der Waals surface area (Å²) < 4.78 is 57.3. The highest BCUT2D eigenvalue weighted by Gasteiger charge is 2.29. The average Bonchev–Trinajstić information content (AvgIpc) is 1.79. The average molecular weight is 236 g/mol. The molecule has 0 aromatic carbocycles. The van der Waals surface area contributed by atoms with Crippen LogP contribution in [0.3, 0.4) is 0 Å². The van der Waals surface area contributed by atoms with Crippen molar-refractivity contribution >= 4 is 27.2 Å². The van der Waals surface area contributed by atoms with E-state index < -0.39 is 28.5 Å². The van der Waals surface area contributed by atoms with Crippen LogP contribution < -0.4 is 10.5 Å². The molecule has 3 N–H and O–H groups in total. The zero-order valence-electron chi connectivity index (χ0n) is 6.26. The van der Waals surface area contributed by atoms with E-state index in [9.17, 15) is 21.6 Å². The van der Waals surface area contributed by atoms with E-state index in [1.165, 1.54) is 4.72 Å². The van der Waals surface area contributed by atoms with E-state index in [-0.39, 0.29) is 4.99 Å². The molecular weight excluding hydrogens is 229 g/mol. The number of alkyl halides is 3. The molecule has 0 aliphatic carbocycles. The predicted molar refractivity (Wildman–Crippen MR) is 44.6 cm³/mol. The molecule has 9 heteroatoms. The van der Waals surface area contributed by atoms with Gasteiger partial charge in [-0.05, 0) is 0 Å². The maximum Gasteiger partial charge on any atom is 0.402 e. The van der Waals surface area contributed by atoms with Crippen molar-refractivity contribution in [3.8, 4) is 0 Å². The Morgan fingerprint density at radius 2 is 1.92 bits per heavy atom. The maximum absolute atomic E-state index is 11.5. The third-order valence-corrected chi connectivity index (χ3v) is 2.43. The first-order valence-corrected chi connectivity index (χ1v) is 5.01. The second kappa shape index (κ2) is 4.20. The topological polar surface area (TPSA) is 72.2 Å². The second-order valence-electron chi connectivity index (χ2n) is 2.16. The van der Waals surface area contributed by atoms with Crippen LogP contribution >= 0.6 is 12.2 Å². The molecule has 0 rings (SSSR count). The lowest BCUT2D eigenvalue weighted by Crippen LogP contribution is -2.38. The molecule has 0 radical (unpaired) electrons. The highest BCUT2D eigenvalue weighted by atomic mass is 32.2. The van der Waals surface area contributed by atoms with Crippen molar-refractivity contribution in [2.75, 3.05) is 12.3 Å². The van der Waals surface area contributed by atoms with Crippen LogP contribution in [0.15, 0.2) is 0 Å². The number of halogens is 3. The molecule has 0 aromatic rings. The molecule has 0 fully saturated rings. The molecule has 0 amide bonds. The van der Waals surface area contributed by atoms with Crippen molar-refractivity contribution in [2.45, 2.75) is 6.18 Å². The minimum atomic E-state index is -4.58. The fourth-order valence-electron chi connectivity index (χ4n) is 0.430. The number of nitrogens with two attached hydrogens (primary N) is 1. The van der Waals surface area contributed by atoms with E-state index in [1.807, 2.05) is 0 Å². The first-order valence-electron chi connectivity index (χ1n) is 2.95. The molecule has 4 nitrogen and oxygen atoms in total. The number of nitrogens with one attached hydrogen (secondary N) is 1. The maximum atomic E-state index is 11.5. The summed E-state index contributed by atoms with van der Waals surface area (Å²) in [6.07, 6.45) is -4.58. The smallest absolute Gasteiger partial charge is 0.392 e. The van der Waals surface area contributed by atoms with Gasteiger partial charge >= 0.3 is 6.18 Å². The van der Waals surface area contributed by atoms with Crippen LogP contribution in [0.25, 0.3) is 0 Å². The fourth-order valence-corrected chi connectivity index (χ4v) is 1.76. The van der Waals surface area contributed by atoms with Crippen molar-refractivity contribution in [3.63, 3.8) is 0 Å². The first kappa shape index (κ1) is 12.6. The minimum absolute atomic E-state index is 0.380. The number of thiocarbonyl (C=S) groups is 1. The summed E-state index contributed by atoms with van der Waals surface area (Å²) in [6, 6.07) is 0. The van der Waals surface area contributed by atoms with Crippen LogP contribution in [-0.4, -0.2) is 31.9 Å². The monoisotopic (exact) mass is 236 g/mol. The van der Waals surface area contributed by atoms with Gasteiger partial charge in [0.05, 0.1) is 4.99 Å². The molecule has 0 saturated carbocycles. The van der Waals surface area contributed by atoms with Gasteiger partial charge in [-0.3, -0.25) is 0 Å². The van der Waals surface area contributed by atoms with Gasteiger partial charge in [0.25, 0.3) is 0 Å². The van der Waals surface area contributed by atoms with Crippen LogP contribution in [0.5, 0.6) is 0 Å². The predicted octanol–water partition coefficient (Wildman–Crippen LogP) is -0.246. The Bertz CT molecular complexity index is 284. The van der Waals surface area contributed by atoms with E-state index in [1.54, 1.807) is 0 Å². The molecular formula is C4H7F3N2O2S2. The van der Waals surface area contributed by atoms with Gasteiger partial charge in [0.1, 0.15) is 12.3 Å². The van der Waals surface area contributed by atoms with Gasteiger partial charge in [0.2, 0.25) is 10.0 Å². The lowest BCUT2D eigenvalue weighted by molar-refractivity contribution is -0.121. The zero-order chi connectivity index (χ0) is 10.7. The Kier molecular flexibility index (Phi) is 4.07. The van der Waals surface area contributed by atoms with Gasteiger partial charge in [-0.2, -0.15) is 13.2 Å².